The lowest BCUT2D eigenvalue weighted by Crippen LogP contribution is -2.24. The largest absolute Gasteiger partial charge is 0.322 e. The maximum Gasteiger partial charge on any atom is 0.269 e. The number of benzene rings is 2. The summed E-state index contributed by atoms with van der Waals surface area (Å²) < 4.78 is 1.40. The van der Waals surface area contributed by atoms with Gasteiger partial charge in [0.2, 0.25) is 0 Å². The van der Waals surface area contributed by atoms with Crippen molar-refractivity contribution >= 4 is 34.8 Å². The summed E-state index contributed by atoms with van der Waals surface area (Å²) in [6.07, 6.45) is 1.49. The molecule has 0 saturated heterocycles. The number of anilines is 1. The first-order valence-electron chi connectivity index (χ1n) is 7.54. The van der Waals surface area contributed by atoms with Crippen LogP contribution in [-0.2, 0) is 6.54 Å². The molecule has 1 heterocycles. The Morgan fingerprint density at radius 1 is 1.00 bits per heavy atom. The van der Waals surface area contributed by atoms with Crippen molar-refractivity contribution in [3.05, 3.63) is 98.4 Å². The molecular weight excluding hydrogens is 359 g/mol. The molecule has 0 saturated carbocycles. The molecule has 3 aromatic rings. The SMILES string of the molecule is O=C(Nc1ccccc1)c1cc(Cl)c(=O)n(Cc2cccc(Cl)c2)c1. The third kappa shape index (κ3) is 4.29. The predicted octanol–water partition coefficient (Wildman–Crippen LogP) is 4.46. The molecule has 126 valence electrons. The molecule has 6 heteroatoms. The maximum atomic E-state index is 12.4. The Morgan fingerprint density at radius 2 is 1.76 bits per heavy atom. The summed E-state index contributed by atoms with van der Waals surface area (Å²) in [6, 6.07) is 17.6. The van der Waals surface area contributed by atoms with Gasteiger partial charge in [0, 0.05) is 16.9 Å². The van der Waals surface area contributed by atoms with Crippen LogP contribution in [-0.4, -0.2) is 10.5 Å². The minimum Gasteiger partial charge on any atom is -0.322 e. The summed E-state index contributed by atoms with van der Waals surface area (Å²) in [5.41, 5.74) is 1.44. The van der Waals surface area contributed by atoms with E-state index < -0.39 is 0 Å². The average Bonchev–Trinajstić information content (AvgIpc) is 2.59. The van der Waals surface area contributed by atoms with Gasteiger partial charge in [-0.2, -0.15) is 0 Å². The van der Waals surface area contributed by atoms with Crippen LogP contribution in [0.4, 0.5) is 5.69 Å². The molecule has 0 spiro atoms. The van der Waals surface area contributed by atoms with E-state index in [0.717, 1.165) is 5.56 Å². The quantitative estimate of drug-likeness (QED) is 0.734. The van der Waals surface area contributed by atoms with Crippen LogP contribution in [0.1, 0.15) is 15.9 Å². The summed E-state index contributed by atoms with van der Waals surface area (Å²) in [7, 11) is 0. The smallest absolute Gasteiger partial charge is 0.269 e. The first kappa shape index (κ1) is 17.3. The molecule has 3 rings (SSSR count). The van der Waals surface area contributed by atoms with E-state index in [2.05, 4.69) is 5.32 Å². The van der Waals surface area contributed by atoms with Crippen LogP contribution in [0.2, 0.25) is 10.0 Å². The van der Waals surface area contributed by atoms with E-state index >= 15 is 0 Å². The normalized spacial score (nSPS) is 10.5. The average molecular weight is 373 g/mol. The number of nitrogens with one attached hydrogen (secondary N) is 1. The Labute approximate surface area is 154 Å². The Morgan fingerprint density at radius 3 is 2.48 bits per heavy atom. The molecule has 0 radical (unpaired) electrons. The number of carbonyl (C=O) groups excluding carboxylic acids is 1. The molecular formula is C19H14Cl2N2O2. The highest BCUT2D eigenvalue weighted by molar-refractivity contribution is 6.31. The Hall–Kier alpha value is -2.56. The molecule has 0 aliphatic rings. The number of hydrogen-bond acceptors (Lipinski definition) is 2. The highest BCUT2D eigenvalue weighted by Crippen LogP contribution is 2.14. The molecule has 0 unspecified atom stereocenters. The van der Waals surface area contributed by atoms with Crippen molar-refractivity contribution in [3.8, 4) is 0 Å². The standard InChI is InChI=1S/C19H14Cl2N2O2/c20-15-6-4-5-13(9-15)11-23-12-14(10-17(21)19(23)25)18(24)22-16-7-2-1-3-8-16/h1-10,12H,11H2,(H,22,24). The highest BCUT2D eigenvalue weighted by Gasteiger charge is 2.12. The lowest BCUT2D eigenvalue weighted by atomic mass is 10.2. The van der Waals surface area contributed by atoms with Crippen LogP contribution >= 0.6 is 23.2 Å². The Kier molecular flexibility index (Phi) is 5.22. The van der Waals surface area contributed by atoms with Gasteiger partial charge in [-0.3, -0.25) is 9.59 Å². The molecule has 0 bridgehead atoms. The minimum atomic E-state index is -0.363. The van der Waals surface area contributed by atoms with Crippen molar-refractivity contribution in [2.75, 3.05) is 5.32 Å². The third-order valence-corrected chi connectivity index (χ3v) is 4.08. The fourth-order valence-corrected chi connectivity index (χ4v) is 2.84. The Balaban J connectivity index is 1.90. The number of amides is 1. The zero-order valence-electron chi connectivity index (χ0n) is 13.1. The van der Waals surface area contributed by atoms with E-state index in [0.29, 0.717) is 16.3 Å². The molecule has 1 N–H and O–H groups in total. The molecule has 0 aliphatic heterocycles. The van der Waals surface area contributed by atoms with Crippen molar-refractivity contribution in [1.82, 2.24) is 4.57 Å². The fourth-order valence-electron chi connectivity index (χ4n) is 2.40. The first-order valence-corrected chi connectivity index (χ1v) is 8.29. The van der Waals surface area contributed by atoms with E-state index in [1.165, 1.54) is 16.8 Å². The summed E-state index contributed by atoms with van der Waals surface area (Å²) in [5, 5.41) is 3.34. The maximum absolute atomic E-state index is 12.4. The van der Waals surface area contributed by atoms with Crippen molar-refractivity contribution < 1.29 is 4.79 Å². The second-order valence-corrected chi connectivity index (χ2v) is 6.30. The molecule has 4 nitrogen and oxygen atoms in total. The number of carbonyl (C=O) groups is 1. The summed E-state index contributed by atoms with van der Waals surface area (Å²) in [4.78, 5) is 24.7. The van der Waals surface area contributed by atoms with Gasteiger partial charge in [0.05, 0.1) is 12.1 Å². The molecule has 1 aromatic heterocycles. The second kappa shape index (κ2) is 7.55. The summed E-state index contributed by atoms with van der Waals surface area (Å²) in [6.45, 7) is 0.269. The number of halogens is 2. The molecule has 0 fully saturated rings. The fraction of sp³-hybridized carbons (Fsp3) is 0.0526. The van der Waals surface area contributed by atoms with Crippen molar-refractivity contribution in [2.24, 2.45) is 0 Å². The first-order chi connectivity index (χ1) is 12.0. The van der Waals surface area contributed by atoms with Gasteiger partial charge in [0.15, 0.2) is 0 Å². The summed E-state index contributed by atoms with van der Waals surface area (Å²) in [5.74, 6) is -0.340. The van der Waals surface area contributed by atoms with E-state index in [9.17, 15) is 9.59 Å². The van der Waals surface area contributed by atoms with E-state index in [4.69, 9.17) is 23.2 Å². The van der Waals surface area contributed by atoms with Crippen LogP contribution in [0.3, 0.4) is 0 Å². The Bertz CT molecular complexity index is 969. The van der Waals surface area contributed by atoms with Gasteiger partial charge in [0.1, 0.15) is 5.02 Å². The monoisotopic (exact) mass is 372 g/mol. The summed E-state index contributed by atoms with van der Waals surface area (Å²) >= 11 is 12.0. The van der Waals surface area contributed by atoms with Gasteiger partial charge >= 0.3 is 0 Å². The molecule has 0 atom stereocenters. The van der Waals surface area contributed by atoms with Crippen LogP contribution in [0.5, 0.6) is 0 Å². The van der Waals surface area contributed by atoms with Crippen LogP contribution in [0, 0.1) is 0 Å². The van der Waals surface area contributed by atoms with Crippen LogP contribution < -0.4 is 10.9 Å². The number of para-hydroxylation sites is 1. The van der Waals surface area contributed by atoms with Gasteiger partial charge in [-0.05, 0) is 35.9 Å². The number of hydrogen-bond donors (Lipinski definition) is 1. The number of pyridine rings is 1. The number of nitrogens with zero attached hydrogens (tertiary/aromatic N) is 1. The zero-order chi connectivity index (χ0) is 17.8. The van der Waals surface area contributed by atoms with Crippen molar-refractivity contribution in [1.29, 1.82) is 0 Å². The lowest BCUT2D eigenvalue weighted by molar-refractivity contribution is 0.102. The minimum absolute atomic E-state index is 0.0114. The zero-order valence-corrected chi connectivity index (χ0v) is 14.6. The van der Waals surface area contributed by atoms with Gasteiger partial charge in [-0.1, -0.05) is 53.5 Å². The van der Waals surface area contributed by atoms with E-state index in [1.54, 1.807) is 30.3 Å². The molecule has 1 amide bonds. The highest BCUT2D eigenvalue weighted by atomic mass is 35.5. The topological polar surface area (TPSA) is 51.1 Å². The van der Waals surface area contributed by atoms with Crippen molar-refractivity contribution in [3.63, 3.8) is 0 Å². The molecule has 0 aliphatic carbocycles. The van der Waals surface area contributed by atoms with Gasteiger partial charge < -0.3 is 9.88 Å². The molecule has 2 aromatic carbocycles. The molecule has 25 heavy (non-hydrogen) atoms. The van der Waals surface area contributed by atoms with Gasteiger partial charge in [-0.25, -0.2) is 0 Å². The lowest BCUT2D eigenvalue weighted by Gasteiger charge is -2.10. The van der Waals surface area contributed by atoms with Gasteiger partial charge in [0.25, 0.3) is 11.5 Å². The predicted molar refractivity (Wildman–Crippen MR) is 101 cm³/mol. The van der Waals surface area contributed by atoms with Crippen molar-refractivity contribution in [2.45, 2.75) is 6.54 Å². The third-order valence-electron chi connectivity index (χ3n) is 3.58. The second-order valence-electron chi connectivity index (χ2n) is 5.46. The van der Waals surface area contributed by atoms with E-state index in [-0.39, 0.29) is 23.0 Å². The number of rotatable bonds is 4. The van der Waals surface area contributed by atoms with Crippen LogP contribution in [0.25, 0.3) is 0 Å². The number of aromatic nitrogens is 1. The van der Waals surface area contributed by atoms with Gasteiger partial charge in [-0.15, -0.1) is 0 Å². The van der Waals surface area contributed by atoms with E-state index in [1.807, 2.05) is 24.3 Å². The van der Waals surface area contributed by atoms with Crippen LogP contribution in [0.15, 0.2) is 71.7 Å².